The van der Waals surface area contributed by atoms with E-state index in [1.165, 1.54) is 0 Å². The van der Waals surface area contributed by atoms with Crippen LogP contribution >= 0.6 is 0 Å². The molecule has 0 saturated heterocycles. The molecule has 0 saturated carbocycles. The first-order valence-electron chi connectivity index (χ1n) is 21.1. The van der Waals surface area contributed by atoms with Crippen LogP contribution < -0.4 is 9.47 Å². The first kappa shape index (κ1) is 38.4. The van der Waals surface area contributed by atoms with Crippen LogP contribution in [0.5, 0.6) is 11.5 Å². The van der Waals surface area contributed by atoms with Gasteiger partial charge in [-0.05, 0) is 138 Å². The van der Waals surface area contributed by atoms with E-state index in [0.717, 1.165) is 99.3 Å². The van der Waals surface area contributed by atoms with Crippen molar-refractivity contribution in [3.05, 3.63) is 215 Å². The Hall–Kier alpha value is -8.48. The van der Waals surface area contributed by atoms with E-state index in [1.807, 2.05) is 122 Å². The van der Waals surface area contributed by atoms with Gasteiger partial charge in [0.15, 0.2) is 11.6 Å². The second-order valence-electron chi connectivity index (χ2n) is 16.0. The van der Waals surface area contributed by atoms with Gasteiger partial charge in [-0.2, -0.15) is 0 Å². The summed E-state index contributed by atoms with van der Waals surface area (Å²) < 4.78 is 11.4. The van der Waals surface area contributed by atoms with Crippen LogP contribution in [-0.2, 0) is 0 Å². The van der Waals surface area contributed by atoms with Crippen molar-refractivity contribution in [3.63, 3.8) is 0 Å². The molecule has 11 rings (SSSR count). The van der Waals surface area contributed by atoms with E-state index < -0.39 is 0 Å². The van der Waals surface area contributed by atoms with E-state index in [9.17, 15) is 9.59 Å². The smallest absolute Gasteiger partial charge is 0.194 e. The van der Waals surface area contributed by atoms with Gasteiger partial charge in [0.05, 0.1) is 25.6 Å². The highest BCUT2D eigenvalue weighted by Crippen LogP contribution is 2.40. The third-order valence-corrected chi connectivity index (χ3v) is 12.3. The van der Waals surface area contributed by atoms with Crippen LogP contribution in [0.3, 0.4) is 0 Å². The van der Waals surface area contributed by atoms with E-state index >= 15 is 0 Å². The zero-order chi connectivity index (χ0) is 43.3. The van der Waals surface area contributed by atoms with Gasteiger partial charge in [-0.3, -0.25) is 19.6 Å². The summed E-state index contributed by atoms with van der Waals surface area (Å²) in [6.07, 6.45) is 3.72. The van der Waals surface area contributed by atoms with Crippen LogP contribution in [0.25, 0.3) is 65.3 Å². The molecular weight excluding hydrogens is 789 g/mol. The van der Waals surface area contributed by atoms with Crippen LogP contribution in [0.2, 0.25) is 0 Å². The third-order valence-electron chi connectivity index (χ3n) is 12.3. The average Bonchev–Trinajstić information content (AvgIpc) is 3.35. The molecule has 0 spiro atoms. The molecule has 0 heterocycles. The first-order chi connectivity index (χ1) is 31.4. The topological polar surface area (TPSA) is 77.3 Å². The minimum atomic E-state index is -0.148. The number of benzene rings is 10. The fraction of sp³-hybridized carbons (Fsp3) is 0.0345. The maximum Gasteiger partial charge on any atom is 0.194 e. The van der Waals surface area contributed by atoms with Gasteiger partial charge in [-0.25, -0.2) is 0 Å². The van der Waals surface area contributed by atoms with Gasteiger partial charge in [0.25, 0.3) is 0 Å². The predicted octanol–water partition coefficient (Wildman–Crippen LogP) is 13.9. The fourth-order valence-electron chi connectivity index (χ4n) is 9.02. The van der Waals surface area contributed by atoms with Crippen molar-refractivity contribution in [3.8, 4) is 33.8 Å². The summed E-state index contributed by atoms with van der Waals surface area (Å²) in [4.78, 5) is 38.1. The number of nitrogens with zero attached hydrogens (tertiary/aromatic N) is 2. The Bertz CT molecular complexity index is 3370. The van der Waals surface area contributed by atoms with Crippen LogP contribution in [0.15, 0.2) is 192 Å². The SMILES string of the molecule is COc1ccc2ccccc2c1C=Nc1ccc(-c2cc3cc4c(cc3cc2-c2ccc(N=Cc3c(OC)ccc5ccccc35)cc2)C(=O)c2cc3ccccc3cc2C4=O)cc1. The Balaban J connectivity index is 1.00. The van der Waals surface area contributed by atoms with E-state index in [0.29, 0.717) is 22.3 Å². The van der Waals surface area contributed by atoms with Gasteiger partial charge in [0, 0.05) is 45.8 Å². The van der Waals surface area contributed by atoms with E-state index in [-0.39, 0.29) is 11.6 Å². The second kappa shape index (κ2) is 15.8. The number of carbonyl (C=O) groups excluding carboxylic acids is 2. The monoisotopic (exact) mass is 826 g/mol. The molecule has 64 heavy (non-hydrogen) atoms. The van der Waals surface area contributed by atoms with Crippen molar-refractivity contribution in [1.29, 1.82) is 0 Å². The molecule has 1 aliphatic rings. The highest BCUT2D eigenvalue weighted by atomic mass is 16.5. The second-order valence-corrected chi connectivity index (χ2v) is 16.0. The predicted molar refractivity (Wildman–Crippen MR) is 261 cm³/mol. The molecule has 10 aromatic rings. The number of methoxy groups -OCH3 is 2. The molecule has 0 bridgehead atoms. The molecule has 0 amide bonds. The summed E-state index contributed by atoms with van der Waals surface area (Å²) in [5.41, 5.74) is 8.99. The lowest BCUT2D eigenvalue weighted by Crippen LogP contribution is -2.21. The van der Waals surface area contributed by atoms with Crippen LogP contribution in [-0.4, -0.2) is 38.2 Å². The van der Waals surface area contributed by atoms with Crippen molar-refractivity contribution in [1.82, 2.24) is 0 Å². The van der Waals surface area contributed by atoms with Gasteiger partial charge in [0.1, 0.15) is 11.5 Å². The van der Waals surface area contributed by atoms with Gasteiger partial charge >= 0.3 is 0 Å². The molecule has 0 radical (unpaired) electrons. The highest BCUT2D eigenvalue weighted by Gasteiger charge is 2.31. The molecule has 0 unspecified atom stereocenters. The molecule has 10 aromatic carbocycles. The normalized spacial score (nSPS) is 12.5. The van der Waals surface area contributed by atoms with Crippen molar-refractivity contribution >= 4 is 78.5 Å². The minimum absolute atomic E-state index is 0.148. The van der Waals surface area contributed by atoms with Crippen LogP contribution in [0.4, 0.5) is 11.4 Å². The number of aliphatic imine (C=N–C) groups is 2. The minimum Gasteiger partial charge on any atom is -0.496 e. The molecule has 0 N–H and O–H groups in total. The number of hydrogen-bond acceptors (Lipinski definition) is 6. The quantitative estimate of drug-likeness (QED) is 0.143. The Morgan fingerprint density at radius 2 is 0.703 bits per heavy atom. The van der Waals surface area contributed by atoms with Gasteiger partial charge in [-0.15, -0.1) is 0 Å². The summed E-state index contributed by atoms with van der Waals surface area (Å²) in [7, 11) is 3.35. The van der Waals surface area contributed by atoms with Crippen molar-refractivity contribution in [2.24, 2.45) is 9.98 Å². The van der Waals surface area contributed by atoms with Gasteiger partial charge in [0.2, 0.25) is 0 Å². The summed E-state index contributed by atoms with van der Waals surface area (Å²) in [5.74, 6) is 1.21. The van der Waals surface area contributed by atoms with Gasteiger partial charge < -0.3 is 9.47 Å². The summed E-state index contributed by atoms with van der Waals surface area (Å²) in [6.45, 7) is 0. The van der Waals surface area contributed by atoms with Crippen molar-refractivity contribution in [2.45, 2.75) is 0 Å². The van der Waals surface area contributed by atoms with Crippen LogP contribution in [0, 0.1) is 0 Å². The molecule has 0 fully saturated rings. The van der Waals surface area contributed by atoms with E-state index in [2.05, 4.69) is 72.8 Å². The zero-order valence-corrected chi connectivity index (χ0v) is 35.0. The van der Waals surface area contributed by atoms with Crippen molar-refractivity contribution < 1.29 is 19.1 Å². The van der Waals surface area contributed by atoms with Crippen LogP contribution in [0.1, 0.15) is 43.0 Å². The maximum atomic E-state index is 14.2. The molecule has 0 aromatic heterocycles. The first-order valence-corrected chi connectivity index (χ1v) is 21.1. The van der Waals surface area contributed by atoms with E-state index in [1.54, 1.807) is 14.2 Å². The largest absolute Gasteiger partial charge is 0.496 e. The lowest BCUT2D eigenvalue weighted by Gasteiger charge is -2.20. The number of hydrogen-bond donors (Lipinski definition) is 0. The number of rotatable bonds is 8. The summed E-state index contributed by atoms with van der Waals surface area (Å²) in [6, 6.07) is 60.3. The number of ketones is 2. The third kappa shape index (κ3) is 6.69. The lowest BCUT2D eigenvalue weighted by molar-refractivity contribution is 0.0979. The Morgan fingerprint density at radius 1 is 0.359 bits per heavy atom. The zero-order valence-electron chi connectivity index (χ0n) is 35.0. The maximum absolute atomic E-state index is 14.2. The molecule has 0 atom stereocenters. The Morgan fingerprint density at radius 3 is 1.09 bits per heavy atom. The Labute approximate surface area is 369 Å². The number of carbonyl (C=O) groups is 2. The summed E-state index contributed by atoms with van der Waals surface area (Å²) >= 11 is 0. The van der Waals surface area contributed by atoms with E-state index in [4.69, 9.17) is 19.5 Å². The standard InChI is InChI=1S/C58H38N2O4/c1-63-55-25-19-35-9-5-7-13-45(35)53(55)33-59-43-21-15-37(16-22-43)47-29-41-31-51-52(58(62)50-28-40-12-4-3-11-39(40)27-49(50)57(51)61)32-42(41)30-48(47)38-17-23-44(24-18-38)60-34-54-46-14-8-6-10-36(46)20-26-56(54)64-2/h3-34H,1-2H3. The molecule has 6 heteroatoms. The molecule has 0 aliphatic heterocycles. The lowest BCUT2D eigenvalue weighted by atomic mass is 9.81. The molecule has 6 nitrogen and oxygen atoms in total. The highest BCUT2D eigenvalue weighted by molar-refractivity contribution is 6.30. The molecule has 304 valence electrons. The molecule has 1 aliphatic carbocycles. The number of ether oxygens (including phenoxy) is 2. The molecular formula is C58H38N2O4. The fourth-order valence-corrected chi connectivity index (χ4v) is 9.02. The Kier molecular flexibility index (Phi) is 9.47. The number of fused-ring (bicyclic) bond motifs is 6. The van der Waals surface area contributed by atoms with Gasteiger partial charge in [-0.1, -0.05) is 109 Å². The summed E-state index contributed by atoms with van der Waals surface area (Å²) in [5, 5.41) is 7.91. The average molecular weight is 827 g/mol. The van der Waals surface area contributed by atoms with Crippen molar-refractivity contribution in [2.75, 3.05) is 14.2 Å².